The third kappa shape index (κ3) is 6.40. The number of aliphatic hydroxyl groups is 1. The molecule has 0 saturated carbocycles. The van der Waals surface area contributed by atoms with Gasteiger partial charge in [0.1, 0.15) is 18.2 Å². The molecule has 3 N–H and O–H groups in total. The van der Waals surface area contributed by atoms with E-state index < -0.39 is 6.10 Å². The number of pyridine rings is 1. The van der Waals surface area contributed by atoms with E-state index in [4.69, 9.17) is 4.74 Å². The standard InChI is InChI=1S/C33H39N5O5/c1-19-7-10-27(20(2)13-19)43-16-22(39)9-8-21-11-12-34-30(40)28(21)29-35-25-14-23-24(15-26(25)36-29)32(42)38(31(23)41)18-33(3,4)17-37(5)6/h7,10-15,22,39H,8-9,16-18H2,1-6H3,(H,34,40)(H,35,36). The predicted octanol–water partition coefficient (Wildman–Crippen LogP) is 4.09. The second kappa shape index (κ2) is 11.8. The first-order chi connectivity index (χ1) is 20.3. The van der Waals surface area contributed by atoms with Crippen LogP contribution in [0.5, 0.6) is 5.75 Å². The van der Waals surface area contributed by atoms with Crippen LogP contribution in [0.1, 0.15) is 57.7 Å². The number of rotatable bonds is 11. The normalized spacial score (nSPS) is 14.2. The first kappa shape index (κ1) is 30.2. The Balaban J connectivity index is 1.34. The van der Waals surface area contributed by atoms with E-state index in [-0.39, 0.29) is 29.4 Å². The van der Waals surface area contributed by atoms with E-state index >= 15 is 0 Å². The van der Waals surface area contributed by atoms with Crippen LogP contribution in [-0.2, 0) is 6.42 Å². The van der Waals surface area contributed by atoms with Crippen molar-refractivity contribution >= 4 is 22.8 Å². The fourth-order valence-corrected chi connectivity index (χ4v) is 5.93. The van der Waals surface area contributed by atoms with Crippen LogP contribution >= 0.6 is 0 Å². The Hall–Kier alpha value is -4.28. The van der Waals surface area contributed by atoms with Crippen LogP contribution in [0.2, 0.25) is 0 Å². The minimum absolute atomic E-state index is 0.129. The molecule has 2 aromatic heterocycles. The number of imidazole rings is 1. The maximum absolute atomic E-state index is 13.3. The lowest BCUT2D eigenvalue weighted by atomic mass is 9.92. The second-order valence-electron chi connectivity index (χ2n) is 12.6. The molecule has 0 spiro atoms. The Morgan fingerprint density at radius 2 is 1.77 bits per heavy atom. The quantitative estimate of drug-likeness (QED) is 0.226. The zero-order valence-electron chi connectivity index (χ0n) is 25.6. The first-order valence-electron chi connectivity index (χ1n) is 14.5. The van der Waals surface area contributed by atoms with Crippen molar-refractivity contribution in [3.63, 3.8) is 0 Å². The molecule has 1 aliphatic rings. The number of carbonyl (C=O) groups excluding carboxylic acids is 2. The number of ether oxygens (including phenoxy) is 1. The second-order valence-corrected chi connectivity index (χ2v) is 12.6. The van der Waals surface area contributed by atoms with Gasteiger partial charge in [0, 0.05) is 19.3 Å². The number of aryl methyl sites for hydroxylation is 3. The Labute approximate surface area is 250 Å². The molecule has 1 aliphatic heterocycles. The third-order valence-electron chi connectivity index (χ3n) is 7.70. The smallest absolute Gasteiger partial charge is 0.261 e. The number of aromatic nitrogens is 3. The Morgan fingerprint density at radius 1 is 1.05 bits per heavy atom. The maximum Gasteiger partial charge on any atom is 0.261 e. The summed E-state index contributed by atoms with van der Waals surface area (Å²) >= 11 is 0. The molecule has 2 amide bonds. The van der Waals surface area contributed by atoms with E-state index in [1.807, 2.05) is 64.9 Å². The third-order valence-corrected chi connectivity index (χ3v) is 7.70. The molecule has 3 heterocycles. The van der Waals surface area contributed by atoms with Crippen LogP contribution in [0.4, 0.5) is 0 Å². The average molecular weight is 586 g/mol. The molecule has 0 aliphatic carbocycles. The van der Waals surface area contributed by atoms with E-state index in [1.165, 1.54) is 4.90 Å². The topological polar surface area (TPSA) is 132 Å². The molecular weight excluding hydrogens is 546 g/mol. The van der Waals surface area contributed by atoms with Crippen molar-refractivity contribution in [3.05, 3.63) is 80.8 Å². The zero-order chi connectivity index (χ0) is 31.1. The highest BCUT2D eigenvalue weighted by molar-refractivity contribution is 6.22. The van der Waals surface area contributed by atoms with Gasteiger partial charge in [-0.15, -0.1) is 0 Å². The van der Waals surface area contributed by atoms with Crippen LogP contribution < -0.4 is 10.3 Å². The van der Waals surface area contributed by atoms with Crippen LogP contribution in [0.3, 0.4) is 0 Å². The van der Waals surface area contributed by atoms with Crippen molar-refractivity contribution in [2.75, 3.05) is 33.8 Å². The van der Waals surface area contributed by atoms with E-state index in [0.717, 1.165) is 23.4 Å². The highest BCUT2D eigenvalue weighted by Gasteiger charge is 2.39. The molecular formula is C33H39N5O5. The van der Waals surface area contributed by atoms with Crippen LogP contribution in [0.25, 0.3) is 22.4 Å². The number of amides is 2. The maximum atomic E-state index is 13.3. The Bertz CT molecular complexity index is 1700. The molecule has 4 aromatic rings. The molecule has 1 unspecified atom stereocenters. The highest BCUT2D eigenvalue weighted by atomic mass is 16.5. The lowest BCUT2D eigenvalue weighted by Gasteiger charge is -2.31. The number of H-pyrrole nitrogens is 2. The minimum Gasteiger partial charge on any atom is -0.491 e. The number of hydrogen-bond acceptors (Lipinski definition) is 7. The number of fused-ring (bicyclic) bond motifs is 2. The summed E-state index contributed by atoms with van der Waals surface area (Å²) in [5, 5.41) is 10.6. The molecule has 10 heteroatoms. The number of nitrogens with one attached hydrogen (secondary N) is 2. The Morgan fingerprint density at radius 3 is 2.47 bits per heavy atom. The van der Waals surface area contributed by atoms with Gasteiger partial charge in [-0.2, -0.15) is 0 Å². The number of carbonyl (C=O) groups is 2. The summed E-state index contributed by atoms with van der Waals surface area (Å²) in [6.07, 6.45) is 1.62. The van der Waals surface area contributed by atoms with Crippen molar-refractivity contribution in [2.24, 2.45) is 5.41 Å². The van der Waals surface area contributed by atoms with Crippen molar-refractivity contribution in [3.8, 4) is 17.1 Å². The van der Waals surface area contributed by atoms with Gasteiger partial charge in [0.2, 0.25) is 0 Å². The van der Waals surface area contributed by atoms with Gasteiger partial charge in [0.25, 0.3) is 17.4 Å². The molecule has 226 valence electrons. The fraction of sp³-hybridized carbons (Fsp3) is 0.394. The fourth-order valence-electron chi connectivity index (χ4n) is 5.93. The molecule has 0 radical (unpaired) electrons. The minimum atomic E-state index is -0.742. The number of imide groups is 1. The summed E-state index contributed by atoms with van der Waals surface area (Å²) in [6.45, 7) is 9.19. The average Bonchev–Trinajstić information content (AvgIpc) is 3.43. The molecule has 43 heavy (non-hydrogen) atoms. The lowest BCUT2D eigenvalue weighted by molar-refractivity contribution is 0.0570. The predicted molar refractivity (Wildman–Crippen MR) is 166 cm³/mol. The van der Waals surface area contributed by atoms with Gasteiger partial charge >= 0.3 is 0 Å². The molecule has 5 rings (SSSR count). The molecule has 0 fully saturated rings. The largest absolute Gasteiger partial charge is 0.491 e. The van der Waals surface area contributed by atoms with E-state index in [9.17, 15) is 19.5 Å². The van der Waals surface area contributed by atoms with E-state index in [1.54, 1.807) is 24.4 Å². The van der Waals surface area contributed by atoms with E-state index in [0.29, 0.717) is 58.5 Å². The molecule has 2 aromatic carbocycles. The van der Waals surface area contributed by atoms with Crippen molar-refractivity contribution in [2.45, 2.75) is 46.6 Å². The van der Waals surface area contributed by atoms with Crippen LogP contribution in [0, 0.1) is 19.3 Å². The summed E-state index contributed by atoms with van der Waals surface area (Å²) in [5.41, 5.74) is 4.27. The van der Waals surface area contributed by atoms with Crippen molar-refractivity contribution < 1.29 is 19.4 Å². The SMILES string of the molecule is Cc1ccc(OCC(O)CCc2cc[nH]c(=O)c2-c2nc3cc4c(cc3[nH]2)C(=O)N(CC(C)(C)CN(C)C)C4=O)c(C)c1. The summed E-state index contributed by atoms with van der Waals surface area (Å²) < 4.78 is 5.83. The summed E-state index contributed by atoms with van der Waals surface area (Å²) in [5.74, 6) is 0.391. The summed E-state index contributed by atoms with van der Waals surface area (Å²) in [7, 11) is 3.92. The number of benzene rings is 2. The number of nitrogens with zero attached hydrogens (tertiary/aromatic N) is 3. The number of aromatic amines is 2. The number of hydrogen-bond donors (Lipinski definition) is 3. The molecule has 0 bridgehead atoms. The van der Waals surface area contributed by atoms with Gasteiger partial charge in [-0.3, -0.25) is 19.3 Å². The van der Waals surface area contributed by atoms with Crippen LogP contribution in [-0.4, -0.2) is 81.6 Å². The monoisotopic (exact) mass is 585 g/mol. The summed E-state index contributed by atoms with van der Waals surface area (Å²) in [4.78, 5) is 53.4. The highest BCUT2D eigenvalue weighted by Crippen LogP contribution is 2.31. The van der Waals surface area contributed by atoms with Crippen molar-refractivity contribution in [1.29, 1.82) is 0 Å². The Kier molecular flexibility index (Phi) is 8.27. The van der Waals surface area contributed by atoms with Gasteiger partial charge < -0.3 is 24.7 Å². The molecule has 1 atom stereocenters. The van der Waals surface area contributed by atoms with Gasteiger partial charge in [-0.1, -0.05) is 31.5 Å². The molecule has 10 nitrogen and oxygen atoms in total. The zero-order valence-corrected chi connectivity index (χ0v) is 25.6. The van der Waals surface area contributed by atoms with Gasteiger partial charge in [0.15, 0.2) is 0 Å². The summed E-state index contributed by atoms with van der Waals surface area (Å²) in [6, 6.07) is 11.0. The van der Waals surface area contributed by atoms with Crippen LogP contribution in [0.15, 0.2) is 47.4 Å². The first-order valence-corrected chi connectivity index (χ1v) is 14.5. The van der Waals surface area contributed by atoms with E-state index in [2.05, 4.69) is 15.0 Å². The van der Waals surface area contributed by atoms with Crippen molar-refractivity contribution in [1.82, 2.24) is 24.8 Å². The lowest BCUT2D eigenvalue weighted by Crippen LogP contribution is -2.42. The molecule has 0 saturated heterocycles. The number of aliphatic hydroxyl groups excluding tert-OH is 1. The van der Waals surface area contributed by atoms with Gasteiger partial charge in [0.05, 0.1) is 33.8 Å². The van der Waals surface area contributed by atoms with Gasteiger partial charge in [-0.05, 0) is 81.6 Å². The van der Waals surface area contributed by atoms with Gasteiger partial charge in [-0.25, -0.2) is 4.98 Å².